The van der Waals surface area contributed by atoms with Gasteiger partial charge in [-0.05, 0) is 52.0 Å². The zero-order valence-corrected chi connectivity index (χ0v) is 20.3. The Morgan fingerprint density at radius 1 is 1.12 bits per heavy atom. The fraction of sp³-hybridized carbons (Fsp3) is 0.208. The minimum absolute atomic E-state index is 0.118. The fourth-order valence-electron chi connectivity index (χ4n) is 3.75. The number of nitrogens with one attached hydrogen (secondary N) is 1. The highest BCUT2D eigenvalue weighted by Gasteiger charge is 2.20. The van der Waals surface area contributed by atoms with Crippen molar-refractivity contribution in [3.8, 4) is 22.5 Å². The maximum atomic E-state index is 13.4. The summed E-state index contributed by atoms with van der Waals surface area (Å²) in [7, 11) is 0. The lowest BCUT2D eigenvalue weighted by Gasteiger charge is -2.10. The van der Waals surface area contributed by atoms with Crippen molar-refractivity contribution >= 4 is 44.7 Å². The number of pyridine rings is 2. The van der Waals surface area contributed by atoms with Crippen molar-refractivity contribution in [3.63, 3.8) is 0 Å². The number of anilines is 1. The van der Waals surface area contributed by atoms with Crippen LogP contribution >= 0.6 is 22.7 Å². The lowest BCUT2D eigenvalue weighted by Crippen LogP contribution is -2.13. The summed E-state index contributed by atoms with van der Waals surface area (Å²) in [5.74, 6) is -0.233. The molecule has 1 N–H and O–H groups in total. The molecule has 0 aliphatic rings. The van der Waals surface area contributed by atoms with Gasteiger partial charge in [-0.3, -0.25) is 15.1 Å². The van der Waals surface area contributed by atoms with Crippen molar-refractivity contribution in [2.45, 2.75) is 33.7 Å². The van der Waals surface area contributed by atoms with Gasteiger partial charge in [-0.2, -0.15) is 5.10 Å². The zero-order valence-electron chi connectivity index (χ0n) is 18.7. The molecule has 166 valence electrons. The smallest absolute Gasteiger partial charge is 0.258 e. The molecule has 0 spiro atoms. The summed E-state index contributed by atoms with van der Waals surface area (Å²) in [5, 5.41) is 10.6. The van der Waals surface area contributed by atoms with Crippen LogP contribution in [-0.2, 0) is 0 Å². The number of thiazole rings is 1. The van der Waals surface area contributed by atoms with Crippen LogP contribution in [0.1, 0.15) is 40.0 Å². The first-order chi connectivity index (χ1) is 15.9. The van der Waals surface area contributed by atoms with Crippen molar-refractivity contribution in [1.82, 2.24) is 24.7 Å². The molecule has 5 aromatic heterocycles. The van der Waals surface area contributed by atoms with Crippen LogP contribution in [0.5, 0.6) is 0 Å². The Bertz CT molecular complexity index is 1470. The Kier molecular flexibility index (Phi) is 5.51. The summed E-state index contributed by atoms with van der Waals surface area (Å²) in [6, 6.07) is 7.90. The Morgan fingerprint density at radius 2 is 1.97 bits per heavy atom. The Morgan fingerprint density at radius 3 is 2.67 bits per heavy atom. The van der Waals surface area contributed by atoms with Gasteiger partial charge in [-0.1, -0.05) is 0 Å². The molecule has 5 heterocycles. The molecule has 5 aromatic rings. The number of amides is 1. The van der Waals surface area contributed by atoms with E-state index in [0.29, 0.717) is 16.3 Å². The number of nitrogens with zero attached hydrogens (tertiary/aromatic N) is 5. The normalized spacial score (nSPS) is 11.4. The highest BCUT2D eigenvalue weighted by Crippen LogP contribution is 2.33. The Labute approximate surface area is 199 Å². The van der Waals surface area contributed by atoms with Crippen LogP contribution in [0.3, 0.4) is 0 Å². The van der Waals surface area contributed by atoms with Gasteiger partial charge in [0.2, 0.25) is 0 Å². The van der Waals surface area contributed by atoms with Gasteiger partial charge in [-0.25, -0.2) is 14.6 Å². The maximum absolute atomic E-state index is 13.4. The Hall–Kier alpha value is -3.43. The number of carbonyl (C=O) groups is 1. The van der Waals surface area contributed by atoms with Crippen molar-refractivity contribution in [3.05, 3.63) is 63.6 Å². The number of hydrogen-bond donors (Lipinski definition) is 1. The van der Waals surface area contributed by atoms with Gasteiger partial charge in [0.25, 0.3) is 5.91 Å². The first-order valence-corrected chi connectivity index (χ1v) is 12.2. The number of thiophene rings is 1. The maximum Gasteiger partial charge on any atom is 0.258 e. The number of aromatic nitrogens is 5. The standard InChI is InChI=1S/C24H22N6OS2/c1-13(2)30-22-19(11-26-30)18(9-20(27-22)17-8-14(3)33-15(17)4)23(31)29-24-28-21(12-32-24)16-6-5-7-25-10-16/h5-13H,1-4H3,(H,28,29,31). The molecule has 0 radical (unpaired) electrons. The summed E-state index contributed by atoms with van der Waals surface area (Å²) < 4.78 is 1.86. The molecule has 0 saturated carbocycles. The number of aryl methyl sites for hydroxylation is 2. The van der Waals surface area contributed by atoms with Gasteiger partial charge in [0.05, 0.1) is 28.5 Å². The topological polar surface area (TPSA) is 85.6 Å². The van der Waals surface area contributed by atoms with Gasteiger partial charge in [0, 0.05) is 44.7 Å². The average molecular weight is 475 g/mol. The molecule has 0 aromatic carbocycles. The second-order valence-corrected chi connectivity index (χ2v) is 10.4. The van der Waals surface area contributed by atoms with E-state index >= 15 is 0 Å². The lowest BCUT2D eigenvalue weighted by atomic mass is 10.1. The van der Waals surface area contributed by atoms with E-state index in [9.17, 15) is 4.79 Å². The minimum atomic E-state index is -0.233. The van der Waals surface area contributed by atoms with Gasteiger partial charge in [0.15, 0.2) is 10.8 Å². The van der Waals surface area contributed by atoms with Crippen LogP contribution in [0.25, 0.3) is 33.5 Å². The summed E-state index contributed by atoms with van der Waals surface area (Å²) >= 11 is 3.11. The average Bonchev–Trinajstić information content (AvgIpc) is 3.51. The predicted molar refractivity (Wildman–Crippen MR) is 134 cm³/mol. The summed E-state index contributed by atoms with van der Waals surface area (Å²) in [5.41, 5.74) is 4.73. The van der Waals surface area contributed by atoms with E-state index in [1.165, 1.54) is 21.1 Å². The first kappa shape index (κ1) is 21.4. The molecular formula is C24H22N6OS2. The molecule has 0 fully saturated rings. The van der Waals surface area contributed by atoms with E-state index in [0.717, 1.165) is 27.9 Å². The second-order valence-electron chi connectivity index (χ2n) is 8.04. The third kappa shape index (κ3) is 4.05. The van der Waals surface area contributed by atoms with E-state index in [1.807, 2.05) is 28.3 Å². The highest BCUT2D eigenvalue weighted by molar-refractivity contribution is 7.14. The summed E-state index contributed by atoms with van der Waals surface area (Å²) in [6.07, 6.45) is 5.19. The van der Waals surface area contributed by atoms with Crippen LogP contribution in [-0.4, -0.2) is 30.6 Å². The second kappa shape index (κ2) is 8.49. The number of rotatable bonds is 5. The third-order valence-electron chi connectivity index (χ3n) is 5.30. The SMILES string of the molecule is Cc1cc(-c2cc(C(=O)Nc3nc(-c4cccnc4)cs3)c3cnn(C(C)C)c3n2)c(C)s1. The van der Waals surface area contributed by atoms with Crippen LogP contribution < -0.4 is 5.32 Å². The molecule has 0 aliphatic carbocycles. The molecule has 5 rings (SSSR count). The molecule has 7 nitrogen and oxygen atoms in total. The van der Waals surface area contributed by atoms with Crippen LogP contribution in [0, 0.1) is 13.8 Å². The van der Waals surface area contributed by atoms with Crippen LogP contribution in [0.2, 0.25) is 0 Å². The summed E-state index contributed by atoms with van der Waals surface area (Å²) in [4.78, 5) is 29.4. The van der Waals surface area contributed by atoms with E-state index < -0.39 is 0 Å². The molecular weight excluding hydrogens is 452 g/mol. The van der Waals surface area contributed by atoms with E-state index in [4.69, 9.17) is 4.98 Å². The fourth-order valence-corrected chi connectivity index (χ4v) is 5.40. The third-order valence-corrected chi connectivity index (χ3v) is 7.02. The predicted octanol–water partition coefficient (Wildman–Crippen LogP) is 6.13. The van der Waals surface area contributed by atoms with Gasteiger partial charge >= 0.3 is 0 Å². The largest absolute Gasteiger partial charge is 0.298 e. The quantitative estimate of drug-likeness (QED) is 0.331. The van der Waals surface area contributed by atoms with Crippen LogP contribution in [0.15, 0.2) is 48.2 Å². The van der Waals surface area contributed by atoms with Crippen molar-refractivity contribution < 1.29 is 4.79 Å². The lowest BCUT2D eigenvalue weighted by molar-refractivity contribution is 0.102. The molecule has 0 saturated heterocycles. The molecule has 1 amide bonds. The highest BCUT2D eigenvalue weighted by atomic mass is 32.1. The van der Waals surface area contributed by atoms with E-state index in [-0.39, 0.29) is 11.9 Å². The van der Waals surface area contributed by atoms with Gasteiger partial charge in [-0.15, -0.1) is 22.7 Å². The number of carbonyl (C=O) groups excluding carboxylic acids is 1. The van der Waals surface area contributed by atoms with E-state index in [2.05, 4.69) is 54.1 Å². The summed E-state index contributed by atoms with van der Waals surface area (Å²) in [6.45, 7) is 8.26. The molecule has 33 heavy (non-hydrogen) atoms. The molecule has 0 unspecified atom stereocenters. The monoisotopic (exact) mass is 474 g/mol. The van der Waals surface area contributed by atoms with Gasteiger partial charge in [0.1, 0.15) is 0 Å². The first-order valence-electron chi connectivity index (χ1n) is 10.5. The van der Waals surface area contributed by atoms with Crippen molar-refractivity contribution in [2.75, 3.05) is 5.32 Å². The molecule has 0 aliphatic heterocycles. The zero-order chi connectivity index (χ0) is 23.1. The molecule has 9 heteroatoms. The molecule has 0 bridgehead atoms. The van der Waals surface area contributed by atoms with Gasteiger partial charge < -0.3 is 0 Å². The number of fused-ring (bicyclic) bond motifs is 1. The minimum Gasteiger partial charge on any atom is -0.298 e. The van der Waals surface area contributed by atoms with Crippen LogP contribution in [0.4, 0.5) is 5.13 Å². The Balaban J connectivity index is 1.56. The van der Waals surface area contributed by atoms with Crippen molar-refractivity contribution in [1.29, 1.82) is 0 Å². The number of hydrogen-bond acceptors (Lipinski definition) is 7. The van der Waals surface area contributed by atoms with E-state index in [1.54, 1.807) is 29.9 Å². The van der Waals surface area contributed by atoms with Crippen molar-refractivity contribution in [2.24, 2.45) is 0 Å². The molecule has 0 atom stereocenters.